The lowest BCUT2D eigenvalue weighted by Gasteiger charge is -2.07. The Balaban J connectivity index is 3.31. The van der Waals surface area contributed by atoms with Crippen molar-refractivity contribution in [2.75, 3.05) is 0 Å². The van der Waals surface area contributed by atoms with Gasteiger partial charge in [-0.3, -0.25) is 4.79 Å². The first-order valence-corrected chi connectivity index (χ1v) is 5.25. The predicted molar refractivity (Wildman–Crippen MR) is 53.2 cm³/mol. The Labute approximate surface area is 76.6 Å². The molecule has 0 aromatic heterocycles. The van der Waals surface area contributed by atoms with Gasteiger partial charge in [-0.1, -0.05) is 46.5 Å². The molecule has 0 heterocycles. The minimum atomic E-state index is 0.298. The zero-order valence-corrected chi connectivity index (χ0v) is 8.73. The molecule has 1 atom stereocenters. The molecule has 12 heavy (non-hydrogen) atoms. The fourth-order valence-corrected chi connectivity index (χ4v) is 1.39. The smallest absolute Gasteiger partial charge is 0.135 e. The number of carbonyl (C=O) groups is 1. The molecular weight excluding hydrogens is 148 g/mol. The second-order valence-electron chi connectivity index (χ2n) is 3.57. The van der Waals surface area contributed by atoms with Crippen LogP contribution >= 0.6 is 0 Å². The highest BCUT2D eigenvalue weighted by Crippen LogP contribution is 2.12. The maximum Gasteiger partial charge on any atom is 0.135 e. The largest absolute Gasteiger partial charge is 0.299 e. The summed E-state index contributed by atoms with van der Waals surface area (Å²) in [6.45, 7) is 6.21. The van der Waals surface area contributed by atoms with Crippen LogP contribution in [-0.2, 0) is 4.79 Å². The average molecular weight is 170 g/mol. The Morgan fingerprint density at radius 2 is 1.83 bits per heavy atom. The molecule has 0 unspecified atom stereocenters. The highest BCUT2D eigenvalue weighted by atomic mass is 16.1. The molecule has 0 bridgehead atoms. The summed E-state index contributed by atoms with van der Waals surface area (Å²) in [5.41, 5.74) is 0. The van der Waals surface area contributed by atoms with Crippen LogP contribution < -0.4 is 0 Å². The van der Waals surface area contributed by atoms with Crippen LogP contribution in [0.15, 0.2) is 0 Å². The van der Waals surface area contributed by atoms with Crippen molar-refractivity contribution in [2.24, 2.45) is 5.92 Å². The SMILES string of the molecule is CCCCCC[C@@H](C)C(=O)CC. The zero-order valence-electron chi connectivity index (χ0n) is 8.73. The van der Waals surface area contributed by atoms with Gasteiger partial charge in [0.15, 0.2) is 0 Å². The van der Waals surface area contributed by atoms with Gasteiger partial charge >= 0.3 is 0 Å². The van der Waals surface area contributed by atoms with Gasteiger partial charge in [0.1, 0.15) is 5.78 Å². The van der Waals surface area contributed by atoms with E-state index in [4.69, 9.17) is 0 Å². The summed E-state index contributed by atoms with van der Waals surface area (Å²) in [5.74, 6) is 0.721. The molecule has 0 radical (unpaired) electrons. The molecule has 72 valence electrons. The van der Waals surface area contributed by atoms with Gasteiger partial charge < -0.3 is 0 Å². The minimum absolute atomic E-state index is 0.298. The van der Waals surface area contributed by atoms with E-state index in [0.717, 1.165) is 6.42 Å². The summed E-state index contributed by atoms with van der Waals surface area (Å²) in [7, 11) is 0. The van der Waals surface area contributed by atoms with Crippen LogP contribution in [0.1, 0.15) is 59.3 Å². The second kappa shape index (κ2) is 7.33. The van der Waals surface area contributed by atoms with E-state index in [-0.39, 0.29) is 0 Å². The van der Waals surface area contributed by atoms with Crippen LogP contribution in [0.25, 0.3) is 0 Å². The van der Waals surface area contributed by atoms with Crippen molar-refractivity contribution in [2.45, 2.75) is 59.3 Å². The highest BCUT2D eigenvalue weighted by molar-refractivity contribution is 5.80. The van der Waals surface area contributed by atoms with E-state index in [2.05, 4.69) is 13.8 Å². The lowest BCUT2D eigenvalue weighted by molar-refractivity contribution is -0.122. The molecule has 1 heteroatoms. The summed E-state index contributed by atoms with van der Waals surface area (Å²) >= 11 is 0. The maximum atomic E-state index is 11.2. The van der Waals surface area contributed by atoms with Gasteiger partial charge in [0.25, 0.3) is 0 Å². The number of ketones is 1. The highest BCUT2D eigenvalue weighted by Gasteiger charge is 2.08. The van der Waals surface area contributed by atoms with Gasteiger partial charge in [-0.25, -0.2) is 0 Å². The average Bonchev–Trinajstić information content (AvgIpc) is 2.10. The summed E-state index contributed by atoms with van der Waals surface area (Å²) in [6, 6.07) is 0. The van der Waals surface area contributed by atoms with E-state index in [1.165, 1.54) is 25.7 Å². The van der Waals surface area contributed by atoms with Crippen molar-refractivity contribution in [3.05, 3.63) is 0 Å². The third kappa shape index (κ3) is 5.34. The molecule has 0 saturated carbocycles. The fourth-order valence-electron chi connectivity index (χ4n) is 1.39. The summed E-state index contributed by atoms with van der Waals surface area (Å²) in [6.07, 6.45) is 6.89. The molecule has 0 rings (SSSR count). The summed E-state index contributed by atoms with van der Waals surface area (Å²) in [4.78, 5) is 11.2. The van der Waals surface area contributed by atoms with Crippen molar-refractivity contribution >= 4 is 5.78 Å². The Hall–Kier alpha value is -0.330. The molecule has 0 fully saturated rings. The lowest BCUT2D eigenvalue weighted by atomic mass is 9.97. The number of unbranched alkanes of at least 4 members (excludes halogenated alkanes) is 3. The van der Waals surface area contributed by atoms with Gasteiger partial charge in [0.05, 0.1) is 0 Å². The van der Waals surface area contributed by atoms with Gasteiger partial charge in [0.2, 0.25) is 0 Å². The number of Topliss-reactive ketones (excluding diaryl/α,β-unsaturated/α-hetero) is 1. The number of rotatable bonds is 7. The standard InChI is InChI=1S/C11H22O/c1-4-6-7-8-9-10(3)11(12)5-2/h10H,4-9H2,1-3H3/t10-/m1/s1. The summed E-state index contributed by atoms with van der Waals surface area (Å²) in [5, 5.41) is 0. The zero-order chi connectivity index (χ0) is 9.40. The molecule has 0 aliphatic carbocycles. The summed E-state index contributed by atoms with van der Waals surface area (Å²) < 4.78 is 0. The van der Waals surface area contributed by atoms with E-state index in [1.54, 1.807) is 0 Å². The number of carbonyl (C=O) groups excluding carboxylic acids is 1. The lowest BCUT2D eigenvalue weighted by Crippen LogP contribution is -2.08. The van der Waals surface area contributed by atoms with Crippen LogP contribution in [0.4, 0.5) is 0 Å². The van der Waals surface area contributed by atoms with Gasteiger partial charge in [-0.05, 0) is 6.42 Å². The van der Waals surface area contributed by atoms with Crippen LogP contribution in [0, 0.1) is 5.92 Å². The van der Waals surface area contributed by atoms with E-state index in [1.807, 2.05) is 6.92 Å². The second-order valence-corrected chi connectivity index (χ2v) is 3.57. The minimum Gasteiger partial charge on any atom is -0.299 e. The Bertz CT molecular complexity index is 118. The van der Waals surface area contributed by atoms with E-state index >= 15 is 0 Å². The van der Waals surface area contributed by atoms with Crippen molar-refractivity contribution in [3.63, 3.8) is 0 Å². The van der Waals surface area contributed by atoms with Crippen molar-refractivity contribution in [1.82, 2.24) is 0 Å². The molecule has 0 spiro atoms. The third-order valence-corrected chi connectivity index (χ3v) is 2.39. The number of hydrogen-bond acceptors (Lipinski definition) is 1. The molecule has 0 aromatic carbocycles. The van der Waals surface area contributed by atoms with Crippen molar-refractivity contribution < 1.29 is 4.79 Å². The van der Waals surface area contributed by atoms with Gasteiger partial charge in [-0.2, -0.15) is 0 Å². The topological polar surface area (TPSA) is 17.1 Å². The van der Waals surface area contributed by atoms with E-state index < -0.39 is 0 Å². The monoisotopic (exact) mass is 170 g/mol. The maximum absolute atomic E-state index is 11.2. The molecule has 0 aliphatic heterocycles. The third-order valence-electron chi connectivity index (χ3n) is 2.39. The molecule has 0 amide bonds. The van der Waals surface area contributed by atoms with Crippen molar-refractivity contribution in [3.8, 4) is 0 Å². The predicted octanol–water partition coefficient (Wildman–Crippen LogP) is 3.57. The van der Waals surface area contributed by atoms with Crippen LogP contribution in [0.2, 0.25) is 0 Å². The fraction of sp³-hybridized carbons (Fsp3) is 0.909. The van der Waals surface area contributed by atoms with Gasteiger partial charge in [-0.15, -0.1) is 0 Å². The first-order chi connectivity index (χ1) is 5.72. The molecule has 0 aromatic rings. The van der Waals surface area contributed by atoms with Gasteiger partial charge in [0, 0.05) is 12.3 Å². The molecule has 0 aliphatic rings. The number of hydrogen-bond donors (Lipinski definition) is 0. The molecule has 0 N–H and O–H groups in total. The molecular formula is C11H22O. The quantitative estimate of drug-likeness (QED) is 0.534. The van der Waals surface area contributed by atoms with E-state index in [0.29, 0.717) is 18.1 Å². The first-order valence-electron chi connectivity index (χ1n) is 5.25. The first kappa shape index (κ1) is 11.7. The van der Waals surface area contributed by atoms with E-state index in [9.17, 15) is 4.79 Å². The normalized spacial score (nSPS) is 12.9. The Kier molecular flexibility index (Phi) is 7.12. The van der Waals surface area contributed by atoms with Crippen molar-refractivity contribution in [1.29, 1.82) is 0 Å². The Morgan fingerprint density at radius 1 is 1.17 bits per heavy atom. The Morgan fingerprint density at radius 3 is 2.33 bits per heavy atom. The van der Waals surface area contributed by atoms with Crippen LogP contribution in [0.3, 0.4) is 0 Å². The molecule has 1 nitrogen and oxygen atoms in total. The molecule has 0 saturated heterocycles. The van der Waals surface area contributed by atoms with Crippen LogP contribution in [-0.4, -0.2) is 5.78 Å². The van der Waals surface area contributed by atoms with Crippen LogP contribution in [0.5, 0.6) is 0 Å².